The number of aliphatic carboxylic acids is 1. The number of amides is 1. The summed E-state index contributed by atoms with van der Waals surface area (Å²) in [5, 5.41) is 22.2. The predicted octanol–water partition coefficient (Wildman–Crippen LogP) is 2.05. The Balaban J connectivity index is 1.38. The lowest BCUT2D eigenvalue weighted by molar-refractivity contribution is -0.174. The first kappa shape index (κ1) is 18.3. The number of benzene rings is 1. The van der Waals surface area contributed by atoms with Gasteiger partial charge in [0.2, 0.25) is 5.91 Å². The molecule has 0 aromatic heterocycles. The van der Waals surface area contributed by atoms with Gasteiger partial charge in [-0.15, -0.1) is 0 Å². The first-order valence-electron chi connectivity index (χ1n) is 9.84. The monoisotopic (exact) mass is 372 g/mol. The number of phenols is 1. The van der Waals surface area contributed by atoms with E-state index in [2.05, 4.69) is 5.32 Å². The highest BCUT2D eigenvalue weighted by Gasteiger charge is 2.60. The van der Waals surface area contributed by atoms with Crippen molar-refractivity contribution in [1.29, 1.82) is 0 Å². The summed E-state index contributed by atoms with van der Waals surface area (Å²) in [7, 11) is 0. The molecular weight excluding hydrogens is 344 g/mol. The number of carbonyl (C=O) groups is 2. The summed E-state index contributed by atoms with van der Waals surface area (Å²) in [4.78, 5) is 24.5. The lowest BCUT2D eigenvalue weighted by Crippen LogP contribution is -2.58. The highest BCUT2D eigenvalue weighted by atomic mass is 16.4. The molecule has 0 aliphatic heterocycles. The Morgan fingerprint density at radius 2 is 1.78 bits per heavy atom. The van der Waals surface area contributed by atoms with E-state index in [4.69, 9.17) is 5.73 Å². The second-order valence-electron chi connectivity index (χ2n) is 9.24. The van der Waals surface area contributed by atoms with Crippen LogP contribution in [0, 0.1) is 22.7 Å². The molecule has 146 valence electrons. The molecule has 6 nitrogen and oxygen atoms in total. The van der Waals surface area contributed by atoms with Crippen molar-refractivity contribution in [2.75, 3.05) is 6.54 Å². The molecule has 6 heteroatoms. The molecule has 0 heterocycles. The maximum atomic E-state index is 12.5. The largest absolute Gasteiger partial charge is 0.508 e. The van der Waals surface area contributed by atoms with E-state index in [1.54, 1.807) is 24.3 Å². The van der Waals surface area contributed by atoms with Gasteiger partial charge in [-0.05, 0) is 79.9 Å². The molecule has 0 spiro atoms. The average molecular weight is 372 g/mol. The number of carbonyl (C=O) groups excluding carboxylic acids is 1. The smallest absolute Gasteiger partial charge is 0.309 e. The third kappa shape index (κ3) is 3.43. The molecule has 0 saturated heterocycles. The lowest BCUT2D eigenvalue weighted by Gasteiger charge is -2.60. The Hall–Kier alpha value is -2.08. The topological polar surface area (TPSA) is 113 Å². The summed E-state index contributed by atoms with van der Waals surface area (Å²) in [6, 6.07) is 6.04. The quantitative estimate of drug-likeness (QED) is 0.610. The summed E-state index contributed by atoms with van der Waals surface area (Å²) in [5.74, 6) is 0.292. The van der Waals surface area contributed by atoms with E-state index in [1.165, 1.54) is 0 Å². The first-order valence-corrected chi connectivity index (χ1v) is 9.84. The van der Waals surface area contributed by atoms with Crippen molar-refractivity contribution in [2.45, 2.75) is 51.0 Å². The fourth-order valence-corrected chi connectivity index (χ4v) is 6.29. The van der Waals surface area contributed by atoms with E-state index in [-0.39, 0.29) is 17.1 Å². The highest BCUT2D eigenvalue weighted by molar-refractivity contribution is 5.82. The van der Waals surface area contributed by atoms with Crippen molar-refractivity contribution in [1.82, 2.24) is 5.32 Å². The second-order valence-corrected chi connectivity index (χ2v) is 9.24. The van der Waals surface area contributed by atoms with E-state index in [9.17, 15) is 19.8 Å². The Labute approximate surface area is 159 Å². The predicted molar refractivity (Wildman–Crippen MR) is 100.0 cm³/mol. The molecule has 4 aliphatic rings. The van der Waals surface area contributed by atoms with E-state index < -0.39 is 17.4 Å². The number of hydrogen-bond acceptors (Lipinski definition) is 4. The fraction of sp³-hybridized carbons (Fsp3) is 0.619. The van der Waals surface area contributed by atoms with E-state index in [1.807, 2.05) is 0 Å². The Morgan fingerprint density at radius 3 is 2.37 bits per heavy atom. The highest BCUT2D eigenvalue weighted by Crippen LogP contribution is 2.65. The minimum absolute atomic E-state index is 0.0869. The normalized spacial score (nSPS) is 35.0. The van der Waals surface area contributed by atoms with Gasteiger partial charge < -0.3 is 21.3 Å². The molecule has 4 bridgehead atoms. The molecule has 0 radical (unpaired) electrons. The molecule has 1 amide bonds. The Morgan fingerprint density at radius 1 is 1.15 bits per heavy atom. The van der Waals surface area contributed by atoms with Gasteiger partial charge in [-0.1, -0.05) is 12.1 Å². The van der Waals surface area contributed by atoms with Crippen LogP contribution in [0.2, 0.25) is 0 Å². The van der Waals surface area contributed by atoms with E-state index in [0.29, 0.717) is 31.2 Å². The van der Waals surface area contributed by atoms with Crippen LogP contribution < -0.4 is 11.1 Å². The van der Waals surface area contributed by atoms with Crippen LogP contribution >= 0.6 is 0 Å². The summed E-state index contributed by atoms with van der Waals surface area (Å²) < 4.78 is 0. The maximum absolute atomic E-state index is 12.5. The summed E-state index contributed by atoms with van der Waals surface area (Å²) in [6.07, 6.45) is 5.87. The average Bonchev–Trinajstić information content (AvgIpc) is 2.60. The minimum Gasteiger partial charge on any atom is -0.508 e. The molecule has 4 saturated carbocycles. The minimum atomic E-state index is -0.656. The van der Waals surface area contributed by atoms with Crippen LogP contribution in [-0.2, 0) is 16.0 Å². The number of carboxylic acids is 1. The second kappa shape index (κ2) is 6.51. The van der Waals surface area contributed by atoms with Gasteiger partial charge in [0.15, 0.2) is 0 Å². The van der Waals surface area contributed by atoms with Crippen LogP contribution in [0.1, 0.15) is 44.1 Å². The summed E-state index contributed by atoms with van der Waals surface area (Å²) in [5.41, 5.74) is 6.30. The first-order chi connectivity index (χ1) is 12.8. The third-order valence-corrected chi connectivity index (χ3v) is 7.00. The van der Waals surface area contributed by atoms with E-state index in [0.717, 1.165) is 37.7 Å². The molecule has 1 aromatic carbocycles. The maximum Gasteiger partial charge on any atom is 0.309 e. The summed E-state index contributed by atoms with van der Waals surface area (Å²) >= 11 is 0. The Kier molecular flexibility index (Phi) is 4.41. The number of hydrogen-bond donors (Lipinski definition) is 4. The number of nitrogens with one attached hydrogen (secondary N) is 1. The van der Waals surface area contributed by atoms with Gasteiger partial charge in [-0.3, -0.25) is 9.59 Å². The molecule has 1 aromatic rings. The van der Waals surface area contributed by atoms with Crippen molar-refractivity contribution in [2.24, 2.45) is 28.4 Å². The van der Waals surface area contributed by atoms with Crippen molar-refractivity contribution in [3.05, 3.63) is 29.8 Å². The van der Waals surface area contributed by atoms with Crippen LogP contribution in [0.15, 0.2) is 24.3 Å². The van der Waals surface area contributed by atoms with Gasteiger partial charge in [0.25, 0.3) is 0 Å². The summed E-state index contributed by atoms with van der Waals surface area (Å²) in [6.45, 7) is 0.525. The zero-order valence-corrected chi connectivity index (χ0v) is 15.5. The zero-order chi connectivity index (χ0) is 19.2. The lowest BCUT2D eigenvalue weighted by atomic mass is 9.44. The molecule has 5 N–H and O–H groups in total. The van der Waals surface area contributed by atoms with E-state index >= 15 is 0 Å². The number of phenolic OH excluding ortho intramolecular Hbond substituents is 1. The Bertz CT molecular complexity index is 731. The van der Waals surface area contributed by atoms with Gasteiger partial charge in [0.1, 0.15) is 5.75 Å². The number of aromatic hydroxyl groups is 1. The molecule has 5 rings (SSSR count). The van der Waals surface area contributed by atoms with Crippen LogP contribution in [-0.4, -0.2) is 34.7 Å². The molecular formula is C21H28N2O4. The van der Waals surface area contributed by atoms with Gasteiger partial charge in [-0.2, -0.15) is 0 Å². The fourth-order valence-electron chi connectivity index (χ4n) is 6.29. The van der Waals surface area contributed by atoms with Gasteiger partial charge in [0, 0.05) is 6.54 Å². The number of carboxylic acid groups (broad SMARTS) is 1. The van der Waals surface area contributed by atoms with Crippen LogP contribution in [0.4, 0.5) is 0 Å². The van der Waals surface area contributed by atoms with Crippen molar-refractivity contribution in [3.63, 3.8) is 0 Å². The SMILES string of the molecule is N[C@@H](Cc1ccc(O)cc1)C(=O)NCC12C[C@H]3C[C@@H](C1)CC(C(=O)O)(C3)C2. The van der Waals surface area contributed by atoms with Gasteiger partial charge in [-0.25, -0.2) is 0 Å². The van der Waals surface area contributed by atoms with Crippen LogP contribution in [0.5, 0.6) is 5.75 Å². The molecule has 4 fully saturated rings. The van der Waals surface area contributed by atoms with Crippen LogP contribution in [0.25, 0.3) is 0 Å². The molecule has 27 heavy (non-hydrogen) atoms. The van der Waals surface area contributed by atoms with Crippen molar-refractivity contribution < 1.29 is 19.8 Å². The molecule has 4 aliphatic carbocycles. The van der Waals surface area contributed by atoms with Crippen molar-refractivity contribution in [3.8, 4) is 5.75 Å². The third-order valence-electron chi connectivity index (χ3n) is 7.00. The van der Waals surface area contributed by atoms with Crippen molar-refractivity contribution >= 4 is 11.9 Å². The molecule has 2 unspecified atom stereocenters. The standard InChI is InChI=1S/C21H28N2O4/c22-17(6-13-1-3-16(24)4-2-13)18(25)23-12-20-7-14-5-15(8-20)10-21(9-14,11-20)19(26)27/h1-4,14-15,17,24H,5-12,22H2,(H,23,25)(H,26,27)/t14-,15+,17-,20?,21?/m0/s1. The van der Waals surface area contributed by atoms with Gasteiger partial charge >= 0.3 is 5.97 Å². The zero-order valence-electron chi connectivity index (χ0n) is 15.5. The number of nitrogens with two attached hydrogens (primary N) is 1. The number of rotatable bonds is 6. The van der Waals surface area contributed by atoms with Crippen LogP contribution in [0.3, 0.4) is 0 Å². The molecule has 5 atom stereocenters. The van der Waals surface area contributed by atoms with Gasteiger partial charge in [0.05, 0.1) is 11.5 Å².